The Balaban J connectivity index is 1.21. The maximum Gasteiger partial charge on any atom is 0.0826 e. The van der Waals surface area contributed by atoms with Gasteiger partial charge in [0.25, 0.3) is 0 Å². The smallest absolute Gasteiger partial charge is 0.0826 e. The van der Waals surface area contributed by atoms with Crippen molar-refractivity contribution in [2.75, 3.05) is 0 Å². The van der Waals surface area contributed by atoms with Crippen LogP contribution in [0.25, 0.3) is 85.6 Å². The van der Waals surface area contributed by atoms with Gasteiger partial charge in [0, 0.05) is 53.8 Å². The molecule has 3 heteroatoms. The molecule has 0 spiro atoms. The van der Waals surface area contributed by atoms with E-state index in [1.165, 1.54) is 91.0 Å². The SMILES string of the molecule is C=C(c1cccc2ccccc12)C(CC)C(/N=C(/c1cc(-n2c3ccccc3c3cc4ccccc4cc32)cc2sc3ccccc3c12)C(C)CC)c1cccc2ccccc12. The highest BCUT2D eigenvalue weighted by atomic mass is 32.1. The maximum atomic E-state index is 6.21. The second-order valence-corrected chi connectivity index (χ2v) is 18.0. The molecule has 0 amide bonds. The molecule has 0 aliphatic carbocycles. The molecule has 0 saturated heterocycles. The van der Waals surface area contributed by atoms with Gasteiger partial charge in [0.15, 0.2) is 0 Å². The van der Waals surface area contributed by atoms with Gasteiger partial charge in [-0.05, 0) is 104 Å². The Bertz CT molecular complexity index is 3550. The van der Waals surface area contributed by atoms with E-state index in [0.29, 0.717) is 0 Å². The van der Waals surface area contributed by atoms with E-state index in [2.05, 4.69) is 207 Å². The first-order chi connectivity index (χ1) is 30.5. The highest BCUT2D eigenvalue weighted by Crippen LogP contribution is 2.45. The van der Waals surface area contributed by atoms with Gasteiger partial charge in [0.2, 0.25) is 0 Å². The number of aliphatic imine (C=N–C) groups is 1. The van der Waals surface area contributed by atoms with Crippen molar-refractivity contribution >= 4 is 96.9 Å². The Kier molecular flexibility index (Phi) is 9.58. The standard InChI is InChI=1S/C59H48N2S/c1-5-37(3)58(60-59(49-30-18-24-40-20-10-12-26-47(40)49)44(6-2)38(4)45-29-17-23-39-19-9-11-25-46(39)45)52-35-43(36-56-57(52)50-28-14-16-32-55(50)62-56)61-53-31-15-13-27-48(53)51-33-41-21-7-8-22-42(41)34-54(51)61/h7-37,44,59H,4-6H2,1-3H3/b60-58+. The molecule has 2 heterocycles. The molecule has 0 N–H and O–H groups in total. The first-order valence-corrected chi connectivity index (χ1v) is 22.9. The number of nitrogens with zero attached hydrogens (tertiary/aromatic N) is 2. The van der Waals surface area contributed by atoms with Crippen LogP contribution in [0, 0.1) is 11.8 Å². The van der Waals surface area contributed by atoms with Gasteiger partial charge in [-0.15, -0.1) is 11.3 Å². The number of aromatic nitrogens is 1. The van der Waals surface area contributed by atoms with Crippen LogP contribution in [0.4, 0.5) is 0 Å². The number of rotatable bonds is 10. The Morgan fingerprint density at radius 1 is 0.532 bits per heavy atom. The van der Waals surface area contributed by atoms with Crippen molar-refractivity contribution in [3.05, 3.63) is 205 Å². The van der Waals surface area contributed by atoms with Gasteiger partial charge in [0.1, 0.15) is 0 Å². The van der Waals surface area contributed by atoms with Crippen molar-refractivity contribution in [2.24, 2.45) is 16.8 Å². The third-order valence-electron chi connectivity index (χ3n) is 13.4. The molecule has 62 heavy (non-hydrogen) atoms. The van der Waals surface area contributed by atoms with E-state index in [1.807, 2.05) is 11.3 Å². The van der Waals surface area contributed by atoms with E-state index in [4.69, 9.17) is 11.6 Å². The highest BCUT2D eigenvalue weighted by molar-refractivity contribution is 7.25. The summed E-state index contributed by atoms with van der Waals surface area (Å²) in [5.74, 6) is 0.212. The number of thiophene rings is 1. The zero-order chi connectivity index (χ0) is 41.9. The van der Waals surface area contributed by atoms with E-state index in [9.17, 15) is 0 Å². The summed E-state index contributed by atoms with van der Waals surface area (Å²) < 4.78 is 5.06. The van der Waals surface area contributed by atoms with Gasteiger partial charge in [-0.3, -0.25) is 4.99 Å². The summed E-state index contributed by atoms with van der Waals surface area (Å²) in [5.41, 5.74) is 9.52. The van der Waals surface area contributed by atoms with E-state index >= 15 is 0 Å². The van der Waals surface area contributed by atoms with Crippen LogP contribution in [0.1, 0.15) is 56.3 Å². The van der Waals surface area contributed by atoms with Crippen LogP contribution < -0.4 is 0 Å². The number of hydrogen-bond donors (Lipinski definition) is 0. The highest BCUT2D eigenvalue weighted by Gasteiger charge is 2.30. The monoisotopic (exact) mass is 816 g/mol. The lowest BCUT2D eigenvalue weighted by Gasteiger charge is -2.30. The van der Waals surface area contributed by atoms with Gasteiger partial charge in [0.05, 0.1) is 17.1 Å². The molecule has 2 nitrogen and oxygen atoms in total. The Morgan fingerprint density at radius 2 is 1.15 bits per heavy atom. The van der Waals surface area contributed by atoms with E-state index < -0.39 is 0 Å². The molecule has 2 aromatic heterocycles. The predicted octanol–water partition coefficient (Wildman–Crippen LogP) is 16.9. The second kappa shape index (κ2) is 15.6. The fraction of sp³-hybridized carbons (Fsp3) is 0.136. The Hall–Kier alpha value is -6.81. The molecular weight excluding hydrogens is 769 g/mol. The summed E-state index contributed by atoms with van der Waals surface area (Å²) in [6.45, 7) is 12.0. The van der Waals surface area contributed by atoms with Gasteiger partial charge in [-0.2, -0.15) is 0 Å². The van der Waals surface area contributed by atoms with Crippen molar-refractivity contribution in [3.63, 3.8) is 0 Å². The Labute approximate surface area is 367 Å². The third kappa shape index (κ3) is 6.26. The average Bonchev–Trinajstić information content (AvgIpc) is 3.86. The van der Waals surface area contributed by atoms with E-state index in [-0.39, 0.29) is 17.9 Å². The minimum atomic E-state index is -0.190. The van der Waals surface area contributed by atoms with Crippen LogP contribution in [0.2, 0.25) is 0 Å². The number of hydrogen-bond acceptors (Lipinski definition) is 2. The number of benzene rings is 9. The van der Waals surface area contributed by atoms with Crippen molar-refractivity contribution in [2.45, 2.75) is 39.7 Å². The van der Waals surface area contributed by atoms with Crippen LogP contribution in [-0.2, 0) is 0 Å². The molecule has 0 aliphatic heterocycles. The van der Waals surface area contributed by atoms with E-state index in [0.717, 1.165) is 29.8 Å². The van der Waals surface area contributed by atoms with Crippen LogP contribution in [0.3, 0.4) is 0 Å². The third-order valence-corrected chi connectivity index (χ3v) is 14.6. The molecule has 11 rings (SSSR count). The molecule has 0 radical (unpaired) electrons. The zero-order valence-corrected chi connectivity index (χ0v) is 36.3. The molecular formula is C59H48N2S. The van der Waals surface area contributed by atoms with Crippen LogP contribution in [-0.4, -0.2) is 10.3 Å². The van der Waals surface area contributed by atoms with Crippen molar-refractivity contribution in [3.8, 4) is 5.69 Å². The fourth-order valence-electron chi connectivity index (χ4n) is 10.2. The average molecular weight is 817 g/mol. The number of fused-ring (bicyclic) bond motifs is 9. The molecule has 0 fully saturated rings. The number of para-hydroxylation sites is 1. The summed E-state index contributed by atoms with van der Waals surface area (Å²) in [6.07, 6.45) is 1.84. The molecule has 11 aromatic rings. The largest absolute Gasteiger partial charge is 0.309 e. The van der Waals surface area contributed by atoms with Gasteiger partial charge in [-0.25, -0.2) is 0 Å². The molecule has 9 aromatic carbocycles. The van der Waals surface area contributed by atoms with Crippen molar-refractivity contribution in [1.29, 1.82) is 0 Å². The van der Waals surface area contributed by atoms with Crippen LogP contribution >= 0.6 is 11.3 Å². The summed E-state index contributed by atoms with van der Waals surface area (Å²) in [5, 5.41) is 12.5. The maximum absolute atomic E-state index is 6.21. The molecule has 300 valence electrons. The minimum Gasteiger partial charge on any atom is -0.309 e. The first-order valence-electron chi connectivity index (χ1n) is 22.1. The van der Waals surface area contributed by atoms with Gasteiger partial charge < -0.3 is 4.57 Å². The second-order valence-electron chi connectivity index (χ2n) is 16.9. The molecule has 0 aliphatic rings. The topological polar surface area (TPSA) is 17.3 Å². The lowest BCUT2D eigenvalue weighted by molar-refractivity contribution is 0.523. The molecule has 0 saturated carbocycles. The van der Waals surface area contributed by atoms with E-state index in [1.54, 1.807) is 0 Å². The predicted molar refractivity (Wildman–Crippen MR) is 271 cm³/mol. The lowest BCUT2D eigenvalue weighted by atomic mass is 9.80. The summed E-state index contributed by atoms with van der Waals surface area (Å²) in [7, 11) is 0. The fourth-order valence-corrected chi connectivity index (χ4v) is 11.3. The van der Waals surface area contributed by atoms with Crippen molar-refractivity contribution in [1.82, 2.24) is 4.57 Å². The summed E-state index contributed by atoms with van der Waals surface area (Å²) >= 11 is 1.89. The first kappa shape index (κ1) is 38.1. The summed E-state index contributed by atoms with van der Waals surface area (Å²) in [4.78, 5) is 6.21. The zero-order valence-electron chi connectivity index (χ0n) is 35.5. The minimum absolute atomic E-state index is 0.0363. The lowest BCUT2D eigenvalue weighted by Crippen LogP contribution is -2.19. The molecule has 0 bridgehead atoms. The molecule has 3 atom stereocenters. The van der Waals surface area contributed by atoms with Crippen LogP contribution in [0.15, 0.2) is 194 Å². The Morgan fingerprint density at radius 3 is 1.90 bits per heavy atom. The van der Waals surface area contributed by atoms with Crippen molar-refractivity contribution < 1.29 is 0 Å². The van der Waals surface area contributed by atoms with Crippen LogP contribution in [0.5, 0.6) is 0 Å². The quantitative estimate of drug-likeness (QED) is 0.122. The van der Waals surface area contributed by atoms with Gasteiger partial charge in [-0.1, -0.05) is 173 Å². The van der Waals surface area contributed by atoms with Gasteiger partial charge >= 0.3 is 0 Å². The molecule has 3 unspecified atom stereocenters. The normalized spacial score (nSPS) is 13.8. The summed E-state index contributed by atoms with van der Waals surface area (Å²) in [6, 6.07) is 66.9.